The zero-order valence-electron chi connectivity index (χ0n) is 12.9. The average molecular weight is 293 g/mol. The van der Waals surface area contributed by atoms with Crippen molar-refractivity contribution in [3.05, 3.63) is 33.9 Å². The van der Waals surface area contributed by atoms with Gasteiger partial charge in [-0.15, -0.1) is 0 Å². The minimum absolute atomic E-state index is 0.00135. The summed E-state index contributed by atoms with van der Waals surface area (Å²) < 4.78 is 0. The van der Waals surface area contributed by atoms with E-state index in [1.54, 1.807) is 11.0 Å². The highest BCUT2D eigenvalue weighted by Gasteiger charge is 2.19. The van der Waals surface area contributed by atoms with Crippen molar-refractivity contribution >= 4 is 17.3 Å². The maximum absolute atomic E-state index is 12.4. The largest absolute Gasteiger partial charge is 0.379 e. The molecule has 0 unspecified atom stereocenters. The third-order valence-electron chi connectivity index (χ3n) is 3.17. The SMILES string of the molecule is CCCNc1cc(C(=O)N(CC)CCC)ccc1[N+](=O)[O-]. The van der Waals surface area contributed by atoms with Crippen molar-refractivity contribution in [3.63, 3.8) is 0 Å². The summed E-state index contributed by atoms with van der Waals surface area (Å²) >= 11 is 0. The summed E-state index contributed by atoms with van der Waals surface area (Å²) in [6.07, 6.45) is 1.74. The van der Waals surface area contributed by atoms with Gasteiger partial charge in [0.2, 0.25) is 0 Å². The molecule has 0 fully saturated rings. The maximum atomic E-state index is 12.4. The van der Waals surface area contributed by atoms with Gasteiger partial charge in [-0.25, -0.2) is 0 Å². The number of anilines is 1. The Morgan fingerprint density at radius 1 is 1.29 bits per heavy atom. The number of carbonyl (C=O) groups excluding carboxylic acids is 1. The van der Waals surface area contributed by atoms with Gasteiger partial charge in [-0.2, -0.15) is 0 Å². The fourth-order valence-electron chi connectivity index (χ4n) is 2.09. The summed E-state index contributed by atoms with van der Waals surface area (Å²) in [6, 6.07) is 4.50. The number of benzene rings is 1. The fraction of sp³-hybridized carbons (Fsp3) is 0.533. The molecule has 0 aliphatic heterocycles. The molecule has 6 heteroatoms. The highest BCUT2D eigenvalue weighted by molar-refractivity contribution is 5.96. The van der Waals surface area contributed by atoms with Crippen molar-refractivity contribution in [1.29, 1.82) is 0 Å². The molecule has 0 aromatic heterocycles. The molecular formula is C15H23N3O3. The van der Waals surface area contributed by atoms with E-state index in [0.717, 1.165) is 12.8 Å². The van der Waals surface area contributed by atoms with Crippen molar-refractivity contribution in [2.24, 2.45) is 0 Å². The van der Waals surface area contributed by atoms with Gasteiger partial charge in [-0.3, -0.25) is 14.9 Å². The molecule has 1 aromatic rings. The van der Waals surface area contributed by atoms with Crippen molar-refractivity contribution < 1.29 is 9.72 Å². The molecule has 0 spiro atoms. The van der Waals surface area contributed by atoms with Gasteiger partial charge in [0.1, 0.15) is 5.69 Å². The molecule has 0 atom stereocenters. The van der Waals surface area contributed by atoms with Crippen molar-refractivity contribution in [3.8, 4) is 0 Å². The first-order chi connectivity index (χ1) is 10.0. The van der Waals surface area contributed by atoms with Gasteiger partial charge in [0, 0.05) is 31.3 Å². The number of nitro benzene ring substituents is 1. The summed E-state index contributed by atoms with van der Waals surface area (Å²) in [5.74, 6) is -0.0891. The lowest BCUT2D eigenvalue weighted by Crippen LogP contribution is -2.31. The Labute approximate surface area is 125 Å². The summed E-state index contributed by atoms with van der Waals surface area (Å²) in [4.78, 5) is 24.7. The van der Waals surface area contributed by atoms with Crippen LogP contribution in [-0.2, 0) is 0 Å². The van der Waals surface area contributed by atoms with Crippen molar-refractivity contribution in [2.75, 3.05) is 25.0 Å². The first kappa shape index (κ1) is 16.9. The normalized spacial score (nSPS) is 10.2. The zero-order chi connectivity index (χ0) is 15.8. The molecule has 1 aromatic carbocycles. The second-order valence-electron chi connectivity index (χ2n) is 4.80. The van der Waals surface area contributed by atoms with E-state index in [4.69, 9.17) is 0 Å². The monoisotopic (exact) mass is 293 g/mol. The standard InChI is InChI=1S/C15H23N3O3/c1-4-9-16-13-11-12(7-8-14(13)18(20)21)15(19)17(6-3)10-5-2/h7-8,11,16H,4-6,9-10H2,1-3H3. The predicted octanol–water partition coefficient (Wildman–Crippen LogP) is 3.29. The number of carbonyl (C=O) groups is 1. The van der Waals surface area contributed by atoms with Gasteiger partial charge in [-0.1, -0.05) is 13.8 Å². The molecule has 0 bridgehead atoms. The van der Waals surface area contributed by atoms with Crippen LogP contribution in [0.4, 0.5) is 11.4 Å². The lowest BCUT2D eigenvalue weighted by atomic mass is 10.1. The van der Waals surface area contributed by atoms with Gasteiger partial charge < -0.3 is 10.2 Å². The van der Waals surface area contributed by atoms with E-state index in [9.17, 15) is 14.9 Å². The summed E-state index contributed by atoms with van der Waals surface area (Å²) in [5, 5.41) is 14.0. The molecule has 0 aliphatic carbocycles. The van der Waals surface area contributed by atoms with E-state index in [0.29, 0.717) is 30.9 Å². The van der Waals surface area contributed by atoms with Gasteiger partial charge >= 0.3 is 0 Å². The number of amides is 1. The molecule has 1 amide bonds. The first-order valence-electron chi connectivity index (χ1n) is 7.36. The highest BCUT2D eigenvalue weighted by atomic mass is 16.6. The van der Waals surface area contributed by atoms with Gasteiger partial charge in [-0.05, 0) is 31.9 Å². The maximum Gasteiger partial charge on any atom is 0.292 e. The molecule has 0 saturated carbocycles. The van der Waals surface area contributed by atoms with E-state index in [1.807, 2.05) is 20.8 Å². The van der Waals surface area contributed by atoms with E-state index in [2.05, 4.69) is 5.32 Å². The van der Waals surface area contributed by atoms with Crippen LogP contribution in [0.1, 0.15) is 44.0 Å². The molecule has 116 valence electrons. The number of hydrogen-bond donors (Lipinski definition) is 1. The van der Waals surface area contributed by atoms with Gasteiger partial charge in [0.05, 0.1) is 4.92 Å². The quantitative estimate of drug-likeness (QED) is 0.589. The Bertz CT molecular complexity index is 503. The Morgan fingerprint density at radius 2 is 2.00 bits per heavy atom. The number of nitrogens with one attached hydrogen (secondary N) is 1. The van der Waals surface area contributed by atoms with Crippen LogP contribution in [0.3, 0.4) is 0 Å². The van der Waals surface area contributed by atoms with E-state index in [1.165, 1.54) is 12.1 Å². The second-order valence-corrected chi connectivity index (χ2v) is 4.80. The van der Waals surface area contributed by atoms with Crippen LogP contribution in [0, 0.1) is 10.1 Å². The molecule has 1 N–H and O–H groups in total. The Balaban J connectivity index is 3.08. The Morgan fingerprint density at radius 3 is 2.52 bits per heavy atom. The molecule has 21 heavy (non-hydrogen) atoms. The van der Waals surface area contributed by atoms with Gasteiger partial charge in [0.15, 0.2) is 0 Å². The minimum Gasteiger partial charge on any atom is -0.379 e. The fourth-order valence-corrected chi connectivity index (χ4v) is 2.09. The van der Waals surface area contributed by atoms with Crippen LogP contribution in [0.25, 0.3) is 0 Å². The summed E-state index contributed by atoms with van der Waals surface area (Å²) in [6.45, 7) is 7.86. The first-order valence-corrected chi connectivity index (χ1v) is 7.36. The number of nitrogens with zero attached hydrogens (tertiary/aromatic N) is 2. The van der Waals surface area contributed by atoms with Crippen LogP contribution in [0.5, 0.6) is 0 Å². The van der Waals surface area contributed by atoms with E-state index < -0.39 is 4.92 Å². The topological polar surface area (TPSA) is 75.5 Å². The van der Waals surface area contributed by atoms with Crippen LogP contribution in [0.15, 0.2) is 18.2 Å². The number of rotatable bonds is 8. The highest BCUT2D eigenvalue weighted by Crippen LogP contribution is 2.26. The Kier molecular flexibility index (Phi) is 6.65. The molecular weight excluding hydrogens is 270 g/mol. The van der Waals surface area contributed by atoms with Crippen molar-refractivity contribution in [2.45, 2.75) is 33.6 Å². The molecule has 0 saturated heterocycles. The van der Waals surface area contributed by atoms with Crippen LogP contribution < -0.4 is 5.32 Å². The number of nitro groups is 1. The third kappa shape index (κ3) is 4.44. The molecule has 6 nitrogen and oxygen atoms in total. The molecule has 1 rings (SSSR count). The predicted molar refractivity (Wildman–Crippen MR) is 83.7 cm³/mol. The molecule has 0 radical (unpaired) electrons. The third-order valence-corrected chi connectivity index (χ3v) is 3.17. The van der Waals surface area contributed by atoms with Crippen LogP contribution in [0.2, 0.25) is 0 Å². The van der Waals surface area contributed by atoms with Crippen LogP contribution in [-0.4, -0.2) is 35.4 Å². The van der Waals surface area contributed by atoms with Gasteiger partial charge in [0.25, 0.3) is 11.6 Å². The average Bonchev–Trinajstić information content (AvgIpc) is 2.49. The molecule has 0 aliphatic rings. The lowest BCUT2D eigenvalue weighted by Gasteiger charge is -2.20. The smallest absolute Gasteiger partial charge is 0.292 e. The van der Waals surface area contributed by atoms with Crippen molar-refractivity contribution in [1.82, 2.24) is 4.90 Å². The molecule has 0 heterocycles. The zero-order valence-corrected chi connectivity index (χ0v) is 12.9. The lowest BCUT2D eigenvalue weighted by molar-refractivity contribution is -0.384. The summed E-state index contributed by atoms with van der Waals surface area (Å²) in [7, 11) is 0. The van der Waals surface area contributed by atoms with E-state index in [-0.39, 0.29) is 11.6 Å². The second kappa shape index (κ2) is 8.24. The number of hydrogen-bond acceptors (Lipinski definition) is 4. The minimum atomic E-state index is -0.435. The van der Waals surface area contributed by atoms with E-state index >= 15 is 0 Å². The van der Waals surface area contributed by atoms with Crippen LogP contribution >= 0.6 is 0 Å². The summed E-state index contributed by atoms with van der Waals surface area (Å²) in [5.41, 5.74) is 0.883. The Hall–Kier alpha value is -2.11.